The summed E-state index contributed by atoms with van der Waals surface area (Å²) in [5.41, 5.74) is 1.71. The van der Waals surface area contributed by atoms with Crippen LogP contribution in [0.15, 0.2) is 24.3 Å². The SMILES string of the molecule is CS[C@H]1CN(C(=O)[C@@H](NC(=O)c2ccc(N3CCN(C4CC4)CC3)cc2)C2CCCCC2)[C@@H]2C(=O)CO[C@H]12. The van der Waals surface area contributed by atoms with Crippen LogP contribution < -0.4 is 10.2 Å². The van der Waals surface area contributed by atoms with E-state index in [1.165, 1.54) is 12.8 Å². The molecule has 3 saturated heterocycles. The molecule has 8 nitrogen and oxygen atoms in total. The van der Waals surface area contributed by atoms with E-state index in [2.05, 4.69) is 15.1 Å². The Kier molecular flexibility index (Phi) is 7.69. The van der Waals surface area contributed by atoms with E-state index in [4.69, 9.17) is 4.74 Å². The molecule has 38 heavy (non-hydrogen) atoms. The Balaban J connectivity index is 1.14. The maximum absolute atomic E-state index is 14.0. The van der Waals surface area contributed by atoms with Crippen molar-refractivity contribution in [2.45, 2.75) is 74.4 Å². The molecule has 1 aromatic rings. The minimum absolute atomic E-state index is 0.0258. The first kappa shape index (κ1) is 26.1. The number of nitrogens with one attached hydrogen (secondary N) is 1. The van der Waals surface area contributed by atoms with Crippen molar-refractivity contribution in [1.29, 1.82) is 0 Å². The average Bonchev–Trinajstić information content (AvgIpc) is 3.65. The van der Waals surface area contributed by atoms with Crippen LogP contribution in [0.4, 0.5) is 5.69 Å². The van der Waals surface area contributed by atoms with E-state index in [1.807, 2.05) is 30.5 Å². The third kappa shape index (κ3) is 5.21. The van der Waals surface area contributed by atoms with Gasteiger partial charge in [-0.2, -0.15) is 11.8 Å². The molecule has 9 heteroatoms. The number of amides is 2. The number of likely N-dealkylation sites (tertiary alicyclic amines) is 1. The van der Waals surface area contributed by atoms with Gasteiger partial charge in [-0.3, -0.25) is 19.3 Å². The van der Waals surface area contributed by atoms with Crippen molar-refractivity contribution in [3.05, 3.63) is 29.8 Å². The van der Waals surface area contributed by atoms with Crippen molar-refractivity contribution >= 4 is 35.0 Å². The van der Waals surface area contributed by atoms with Gasteiger partial charge in [0, 0.05) is 50.0 Å². The second-order valence-corrected chi connectivity index (χ2v) is 12.7. The quantitative estimate of drug-likeness (QED) is 0.569. The fourth-order valence-corrected chi connectivity index (χ4v) is 7.71. The zero-order valence-corrected chi connectivity index (χ0v) is 23.2. The Morgan fingerprint density at radius 2 is 1.71 bits per heavy atom. The number of ketones is 1. The summed E-state index contributed by atoms with van der Waals surface area (Å²) in [7, 11) is 0. The number of carbonyl (C=O) groups excluding carboxylic acids is 3. The minimum Gasteiger partial charge on any atom is -0.369 e. The number of nitrogens with zero attached hydrogens (tertiary/aromatic N) is 3. The summed E-state index contributed by atoms with van der Waals surface area (Å²) in [4.78, 5) is 46.8. The molecule has 5 fully saturated rings. The van der Waals surface area contributed by atoms with Gasteiger partial charge >= 0.3 is 0 Å². The molecule has 1 aromatic carbocycles. The predicted molar refractivity (Wildman–Crippen MR) is 149 cm³/mol. The Hall–Kier alpha value is -2.10. The van der Waals surface area contributed by atoms with E-state index >= 15 is 0 Å². The monoisotopic (exact) mass is 540 g/mol. The Morgan fingerprint density at radius 1 is 1.00 bits per heavy atom. The van der Waals surface area contributed by atoms with E-state index in [0.29, 0.717) is 12.1 Å². The lowest BCUT2D eigenvalue weighted by atomic mass is 9.83. The summed E-state index contributed by atoms with van der Waals surface area (Å²) in [5.74, 6) is -0.278. The van der Waals surface area contributed by atoms with Crippen molar-refractivity contribution in [3.8, 4) is 0 Å². The number of rotatable bonds is 7. The molecule has 3 aliphatic heterocycles. The van der Waals surface area contributed by atoms with Crippen LogP contribution in [0.1, 0.15) is 55.3 Å². The minimum atomic E-state index is -0.618. The van der Waals surface area contributed by atoms with Crippen LogP contribution in [0.3, 0.4) is 0 Å². The molecular weight excluding hydrogens is 500 g/mol. The maximum Gasteiger partial charge on any atom is 0.251 e. The number of hydrogen-bond donors (Lipinski definition) is 1. The van der Waals surface area contributed by atoms with Crippen LogP contribution in [0, 0.1) is 5.92 Å². The molecule has 2 amide bonds. The fraction of sp³-hybridized carbons (Fsp3) is 0.690. The van der Waals surface area contributed by atoms with Crippen molar-refractivity contribution in [2.24, 2.45) is 5.92 Å². The highest BCUT2D eigenvalue weighted by Gasteiger charge is 2.53. The summed E-state index contributed by atoms with van der Waals surface area (Å²) >= 11 is 1.64. The van der Waals surface area contributed by atoms with Crippen LogP contribution in [0.2, 0.25) is 0 Å². The predicted octanol–water partition coefficient (Wildman–Crippen LogP) is 2.56. The van der Waals surface area contributed by atoms with Crippen molar-refractivity contribution in [3.63, 3.8) is 0 Å². The van der Waals surface area contributed by atoms with E-state index in [0.717, 1.165) is 70.0 Å². The van der Waals surface area contributed by atoms with Crippen LogP contribution in [0.25, 0.3) is 0 Å². The third-order valence-electron chi connectivity index (χ3n) is 9.27. The lowest BCUT2D eigenvalue weighted by molar-refractivity contribution is -0.139. The first-order valence-corrected chi connectivity index (χ1v) is 15.7. The first-order valence-electron chi connectivity index (χ1n) is 14.4. The van der Waals surface area contributed by atoms with Crippen molar-refractivity contribution in [1.82, 2.24) is 15.1 Å². The number of ether oxygens (including phenoxy) is 1. The highest BCUT2D eigenvalue weighted by molar-refractivity contribution is 7.99. The van der Waals surface area contributed by atoms with Gasteiger partial charge in [0.25, 0.3) is 5.91 Å². The molecule has 0 aromatic heterocycles. The molecule has 0 unspecified atom stereocenters. The van der Waals surface area contributed by atoms with Gasteiger partial charge in [-0.05, 0) is 62.1 Å². The van der Waals surface area contributed by atoms with Crippen LogP contribution in [0.5, 0.6) is 0 Å². The molecular formula is C29H40N4O4S. The number of hydrogen-bond acceptors (Lipinski definition) is 7. The fourth-order valence-electron chi connectivity index (χ4n) is 6.91. The maximum atomic E-state index is 14.0. The summed E-state index contributed by atoms with van der Waals surface area (Å²) in [6.45, 7) is 4.78. The van der Waals surface area contributed by atoms with E-state index in [9.17, 15) is 14.4 Å². The number of carbonyl (C=O) groups is 3. The van der Waals surface area contributed by atoms with Crippen LogP contribution in [-0.4, -0.2) is 102 Å². The molecule has 0 radical (unpaired) electrons. The molecule has 0 bridgehead atoms. The van der Waals surface area contributed by atoms with Gasteiger partial charge in [0.05, 0.1) is 11.4 Å². The van der Waals surface area contributed by atoms with Gasteiger partial charge in [0.1, 0.15) is 18.7 Å². The van der Waals surface area contributed by atoms with Gasteiger partial charge < -0.3 is 19.9 Å². The standard InChI is InChI=1S/C29H40N4O4S/c1-38-24-17-33(26-23(34)18-37-27(24)26)29(36)25(19-5-3-2-4-6-19)30-28(35)20-7-9-21(10-8-20)31-13-15-32(16-14-31)22-11-12-22/h7-10,19,22,24-27H,2-6,11-18H2,1H3,(H,30,35)/t24-,25-,26+,27+/m0/s1. The van der Waals surface area contributed by atoms with Gasteiger partial charge in [0.15, 0.2) is 5.78 Å². The van der Waals surface area contributed by atoms with Crippen LogP contribution >= 0.6 is 11.8 Å². The largest absolute Gasteiger partial charge is 0.369 e. The molecule has 206 valence electrons. The molecule has 5 aliphatic rings. The highest BCUT2D eigenvalue weighted by Crippen LogP contribution is 2.36. The number of anilines is 1. The number of Topliss-reactive ketones (excluding diaryl/α,β-unsaturated/α-hetero) is 1. The second kappa shape index (κ2) is 11.2. The third-order valence-corrected chi connectivity index (χ3v) is 10.3. The van der Waals surface area contributed by atoms with Crippen molar-refractivity contribution in [2.75, 3.05) is 50.5 Å². The van der Waals surface area contributed by atoms with E-state index in [-0.39, 0.29) is 41.5 Å². The lowest BCUT2D eigenvalue weighted by Gasteiger charge is -2.36. The molecule has 2 aliphatic carbocycles. The Labute approximate surface area is 229 Å². The molecule has 6 rings (SSSR count). The average molecular weight is 541 g/mol. The van der Waals surface area contributed by atoms with Gasteiger partial charge in [-0.25, -0.2) is 0 Å². The lowest BCUT2D eigenvalue weighted by Crippen LogP contribution is -2.55. The molecule has 3 heterocycles. The smallest absolute Gasteiger partial charge is 0.251 e. The van der Waals surface area contributed by atoms with Gasteiger partial charge in [0.2, 0.25) is 5.91 Å². The Morgan fingerprint density at radius 3 is 2.37 bits per heavy atom. The molecule has 4 atom stereocenters. The zero-order valence-electron chi connectivity index (χ0n) is 22.3. The highest BCUT2D eigenvalue weighted by atomic mass is 32.2. The van der Waals surface area contributed by atoms with Gasteiger partial charge in [-0.1, -0.05) is 19.3 Å². The summed E-state index contributed by atoms with van der Waals surface area (Å²) in [6.07, 6.45) is 9.56. The number of piperazine rings is 1. The molecule has 0 spiro atoms. The summed E-state index contributed by atoms with van der Waals surface area (Å²) in [6, 6.07) is 7.48. The van der Waals surface area contributed by atoms with Crippen LogP contribution in [-0.2, 0) is 14.3 Å². The Bertz CT molecular complexity index is 1030. The summed E-state index contributed by atoms with van der Waals surface area (Å²) < 4.78 is 5.77. The first-order chi connectivity index (χ1) is 18.5. The van der Waals surface area contributed by atoms with Crippen molar-refractivity contribution < 1.29 is 19.1 Å². The molecule has 2 saturated carbocycles. The topological polar surface area (TPSA) is 82.2 Å². The van der Waals surface area contributed by atoms with E-state index < -0.39 is 12.1 Å². The summed E-state index contributed by atoms with van der Waals surface area (Å²) in [5, 5.41) is 3.20. The normalized spacial score (nSPS) is 29.4. The number of fused-ring (bicyclic) bond motifs is 1. The number of thioether (sulfide) groups is 1. The van der Waals surface area contributed by atoms with E-state index in [1.54, 1.807) is 16.7 Å². The zero-order chi connectivity index (χ0) is 26.2. The number of benzene rings is 1. The second-order valence-electron chi connectivity index (χ2n) is 11.6. The van der Waals surface area contributed by atoms with Gasteiger partial charge in [-0.15, -0.1) is 0 Å². The molecule has 1 N–H and O–H groups in total.